The summed E-state index contributed by atoms with van der Waals surface area (Å²) in [7, 11) is 1.18. The van der Waals surface area contributed by atoms with Gasteiger partial charge in [0.1, 0.15) is 41.9 Å². The van der Waals surface area contributed by atoms with Crippen molar-refractivity contribution in [2.45, 2.75) is 56.0 Å². The molecule has 7 atom stereocenters. The van der Waals surface area contributed by atoms with Gasteiger partial charge in [0.2, 0.25) is 5.91 Å². The molecule has 3 aliphatic rings. The highest BCUT2D eigenvalue weighted by atomic mass is 16.6. The van der Waals surface area contributed by atoms with Crippen molar-refractivity contribution in [1.82, 2.24) is 10.2 Å². The van der Waals surface area contributed by atoms with Gasteiger partial charge in [-0.25, -0.2) is 14.5 Å². The Balaban J connectivity index is 1.56. The first-order valence-electron chi connectivity index (χ1n) is 19.6. The lowest BCUT2D eigenvalue weighted by Crippen LogP contribution is -2.56. The number of amides is 3. The molecular weight excluding hydrogens is 771 g/mol. The molecule has 7 rings (SSSR count). The zero-order valence-corrected chi connectivity index (χ0v) is 33.2. The lowest BCUT2D eigenvalue weighted by molar-refractivity contribution is -0.179. The number of esters is 2. The van der Waals surface area contributed by atoms with E-state index < -0.39 is 77.4 Å². The molecule has 4 aromatic rings. The molecule has 3 aliphatic heterocycles. The van der Waals surface area contributed by atoms with Crippen molar-refractivity contribution in [3.63, 3.8) is 0 Å². The van der Waals surface area contributed by atoms with Crippen LogP contribution in [0.5, 0.6) is 5.75 Å². The molecule has 4 aromatic carbocycles. The van der Waals surface area contributed by atoms with Gasteiger partial charge in [-0.1, -0.05) is 98.5 Å². The number of morpholine rings is 1. The Labute approximate surface area is 346 Å². The van der Waals surface area contributed by atoms with Crippen molar-refractivity contribution in [2.24, 2.45) is 11.8 Å². The molecule has 14 nitrogen and oxygen atoms in total. The van der Waals surface area contributed by atoms with Gasteiger partial charge in [0, 0.05) is 12.0 Å². The van der Waals surface area contributed by atoms with Crippen molar-refractivity contribution >= 4 is 35.5 Å². The number of hydrogen-bond acceptors (Lipinski definition) is 11. The average Bonchev–Trinajstić information content (AvgIpc) is 3.71. The van der Waals surface area contributed by atoms with E-state index in [1.807, 2.05) is 36.4 Å². The molecule has 0 radical (unpaired) electrons. The minimum atomic E-state index is -2.25. The topological polar surface area (TPSA) is 192 Å². The number of carbonyl (C=O) groups is 5. The number of urea groups is 1. The Kier molecular flexibility index (Phi) is 12.0. The van der Waals surface area contributed by atoms with Gasteiger partial charge in [0.05, 0.1) is 38.1 Å². The third-order valence-corrected chi connectivity index (χ3v) is 11.3. The summed E-state index contributed by atoms with van der Waals surface area (Å²) in [6, 6.07) is 23.4. The maximum atomic E-state index is 16.0. The van der Waals surface area contributed by atoms with Crippen molar-refractivity contribution < 1.29 is 53.5 Å². The molecule has 0 aliphatic carbocycles. The molecule has 4 N–H and O–H groups in total. The van der Waals surface area contributed by atoms with Crippen LogP contribution in [0, 0.1) is 23.7 Å². The third kappa shape index (κ3) is 7.14. The molecule has 0 bridgehead atoms. The van der Waals surface area contributed by atoms with Gasteiger partial charge in [0.15, 0.2) is 0 Å². The fourth-order valence-corrected chi connectivity index (χ4v) is 8.95. The summed E-state index contributed by atoms with van der Waals surface area (Å²) in [4.78, 5) is 75.1. The lowest BCUT2D eigenvalue weighted by atomic mass is 9.65. The Morgan fingerprint density at radius 2 is 1.55 bits per heavy atom. The predicted molar refractivity (Wildman–Crippen MR) is 216 cm³/mol. The van der Waals surface area contributed by atoms with Gasteiger partial charge < -0.3 is 34.8 Å². The van der Waals surface area contributed by atoms with Crippen molar-refractivity contribution in [1.29, 1.82) is 0 Å². The molecule has 1 spiro atoms. The number of nitrogens with zero attached hydrogens (tertiary/aromatic N) is 2. The number of ether oxygens (including phenoxy) is 3. The number of carbonyl (C=O) groups excluding carboxylic acids is 4. The Bertz CT molecular complexity index is 2340. The normalized spacial score (nSPS) is 23.6. The number of fused-ring (bicyclic) bond motifs is 3. The number of aliphatic carboxylic acids is 1. The van der Waals surface area contributed by atoms with Gasteiger partial charge >= 0.3 is 23.9 Å². The van der Waals surface area contributed by atoms with E-state index in [9.17, 15) is 34.5 Å². The highest BCUT2D eigenvalue weighted by Crippen LogP contribution is 2.66. The second kappa shape index (κ2) is 17.4. The molecule has 0 unspecified atom stereocenters. The Morgan fingerprint density at radius 1 is 0.867 bits per heavy atom. The van der Waals surface area contributed by atoms with Crippen LogP contribution in [0.15, 0.2) is 103 Å². The standard InChI is InChI=1S/C46H45N3O11/c1-27(2)36(42(54)58-3)47-45(57)48-34-21-20-28(13-10-11-22-50)25-33(34)46(44(48)56)35(41(52)53)38-43(55)60-39(30-16-8-5-9-17-30)37(29-14-6-4-7-15-29)49(38)40(46)31-18-12-19-32(26-31)59-24-23-51/h4-9,12,14-21,25-27,35-40,50-51H,11,22-24H2,1-3H3,(H,47,57)(H,52,53)/t35-,36+,37-,38-,39+,40+,46-/m1/s1. The first-order valence-corrected chi connectivity index (χ1v) is 19.6. The average molecular weight is 816 g/mol. The van der Waals surface area contributed by atoms with Crippen LogP contribution >= 0.6 is 0 Å². The van der Waals surface area contributed by atoms with Gasteiger partial charge in [-0.3, -0.25) is 19.3 Å². The molecule has 310 valence electrons. The summed E-state index contributed by atoms with van der Waals surface area (Å²) < 4.78 is 17.1. The number of aliphatic hydroxyl groups excluding tert-OH is 2. The lowest BCUT2D eigenvalue weighted by Gasteiger charge is -2.46. The number of hydrogen-bond donors (Lipinski definition) is 4. The molecule has 0 aromatic heterocycles. The summed E-state index contributed by atoms with van der Waals surface area (Å²) in [5, 5.41) is 33.3. The zero-order valence-electron chi connectivity index (χ0n) is 33.2. The highest BCUT2D eigenvalue weighted by molar-refractivity contribution is 6.24. The van der Waals surface area contributed by atoms with E-state index in [1.54, 1.807) is 79.4 Å². The van der Waals surface area contributed by atoms with E-state index in [2.05, 4.69) is 17.2 Å². The van der Waals surface area contributed by atoms with Gasteiger partial charge in [0.25, 0.3) is 0 Å². The van der Waals surface area contributed by atoms with Crippen LogP contribution in [0.4, 0.5) is 10.5 Å². The third-order valence-electron chi connectivity index (χ3n) is 11.3. The van der Waals surface area contributed by atoms with E-state index in [1.165, 1.54) is 13.2 Å². The number of aliphatic hydroxyl groups is 2. The maximum Gasteiger partial charge on any atom is 0.329 e. The molecule has 0 saturated carbocycles. The molecule has 14 heteroatoms. The van der Waals surface area contributed by atoms with Gasteiger partial charge in [-0.15, -0.1) is 0 Å². The maximum absolute atomic E-state index is 16.0. The second-order valence-corrected chi connectivity index (χ2v) is 15.1. The van der Waals surface area contributed by atoms with E-state index in [0.717, 1.165) is 4.90 Å². The summed E-state index contributed by atoms with van der Waals surface area (Å²) in [5.41, 5.74) is -0.133. The van der Waals surface area contributed by atoms with Crippen LogP contribution < -0.4 is 15.0 Å². The smallest absolute Gasteiger partial charge is 0.329 e. The number of nitrogens with one attached hydrogen (secondary N) is 1. The van der Waals surface area contributed by atoms with Crippen molar-refractivity contribution in [3.05, 3.63) is 131 Å². The van der Waals surface area contributed by atoms with Gasteiger partial charge in [-0.2, -0.15) is 0 Å². The molecule has 2 fully saturated rings. The predicted octanol–water partition coefficient (Wildman–Crippen LogP) is 4.45. The summed E-state index contributed by atoms with van der Waals surface area (Å²) >= 11 is 0. The largest absolute Gasteiger partial charge is 0.491 e. The molecule has 2 saturated heterocycles. The number of cyclic esters (lactones) is 1. The van der Waals surface area contributed by atoms with E-state index >= 15 is 4.79 Å². The molecule has 60 heavy (non-hydrogen) atoms. The van der Waals surface area contributed by atoms with Crippen LogP contribution in [0.25, 0.3) is 0 Å². The highest BCUT2D eigenvalue weighted by Gasteiger charge is 2.76. The quantitative estimate of drug-likeness (QED) is 0.123. The summed E-state index contributed by atoms with van der Waals surface area (Å²) in [5.74, 6) is -0.317. The fourth-order valence-electron chi connectivity index (χ4n) is 8.95. The second-order valence-electron chi connectivity index (χ2n) is 15.1. The minimum absolute atomic E-state index is 0.0191. The Hall–Kier alpha value is -6.53. The Morgan fingerprint density at radius 3 is 2.18 bits per heavy atom. The van der Waals surface area contributed by atoms with E-state index in [-0.39, 0.29) is 37.5 Å². The number of imide groups is 1. The summed E-state index contributed by atoms with van der Waals surface area (Å²) in [6.45, 7) is 2.80. The number of rotatable bonds is 11. The fraction of sp³-hybridized carbons (Fsp3) is 0.326. The number of methoxy groups -OCH3 is 1. The SMILES string of the molecule is COC(=O)[C@@H](NC(=O)N1C(=O)[C@@]2(c3cc(C#CCCO)ccc31)[C@H](c1cccc(OCCO)c1)N1[C@H](c3ccccc3)[C@H](c3ccccc3)OC(=O)[C@H]1[C@@H]2C(=O)O)C(C)C. The minimum Gasteiger partial charge on any atom is -0.491 e. The van der Waals surface area contributed by atoms with Crippen LogP contribution in [-0.4, -0.2) is 89.1 Å². The zero-order chi connectivity index (χ0) is 42.7. The van der Waals surface area contributed by atoms with E-state index in [4.69, 9.17) is 14.2 Å². The van der Waals surface area contributed by atoms with Crippen LogP contribution in [-0.2, 0) is 34.1 Å². The number of carboxylic acids is 1. The van der Waals surface area contributed by atoms with Crippen molar-refractivity contribution in [2.75, 3.05) is 31.8 Å². The monoisotopic (exact) mass is 815 g/mol. The first-order chi connectivity index (χ1) is 29.0. The van der Waals surface area contributed by atoms with Crippen LogP contribution in [0.3, 0.4) is 0 Å². The molecule has 3 amide bonds. The van der Waals surface area contributed by atoms with Crippen LogP contribution in [0.2, 0.25) is 0 Å². The number of benzene rings is 4. The molecular formula is C46H45N3O11. The number of carboxylic acid groups (broad SMARTS) is 1. The van der Waals surface area contributed by atoms with Crippen molar-refractivity contribution in [3.8, 4) is 17.6 Å². The van der Waals surface area contributed by atoms with Crippen LogP contribution in [0.1, 0.15) is 66.3 Å². The van der Waals surface area contributed by atoms with Gasteiger partial charge in [-0.05, 0) is 58.5 Å². The first kappa shape index (κ1) is 41.6. The molecule has 3 heterocycles. The van der Waals surface area contributed by atoms with E-state index in [0.29, 0.717) is 28.0 Å². The number of anilines is 1. The summed E-state index contributed by atoms with van der Waals surface area (Å²) in [6.07, 6.45) is -0.863.